The summed E-state index contributed by atoms with van der Waals surface area (Å²) in [5.41, 5.74) is 1.67. The monoisotopic (exact) mass is 371 g/mol. The predicted octanol–water partition coefficient (Wildman–Crippen LogP) is 2.06. The molecule has 0 spiro atoms. The Morgan fingerprint density at radius 2 is 2.07 bits per heavy atom. The Hall–Kier alpha value is -3.76. The third kappa shape index (κ3) is 3.47. The molecule has 4 aromatic heterocycles. The van der Waals surface area contributed by atoms with Crippen molar-refractivity contribution >= 4 is 0 Å². The number of nitrogens with one attached hydrogen (secondary N) is 1. The van der Waals surface area contributed by atoms with Crippen LogP contribution in [-0.4, -0.2) is 35.2 Å². The lowest BCUT2D eigenvalue weighted by Crippen LogP contribution is -2.07. The molecule has 136 valence electrons. The van der Waals surface area contributed by atoms with Gasteiger partial charge in [-0.2, -0.15) is 8.78 Å². The summed E-state index contributed by atoms with van der Waals surface area (Å²) < 4.78 is 31.4. The van der Waals surface area contributed by atoms with Gasteiger partial charge in [0.05, 0.1) is 29.6 Å². The van der Waals surface area contributed by atoms with Crippen LogP contribution in [0.1, 0.15) is 18.0 Å². The molecule has 27 heavy (non-hydrogen) atoms. The third-order valence-corrected chi connectivity index (χ3v) is 3.66. The first-order valence-electron chi connectivity index (χ1n) is 7.75. The molecule has 0 bridgehead atoms. The summed E-state index contributed by atoms with van der Waals surface area (Å²) in [5, 5.41) is 14.8. The molecule has 0 aromatic carbocycles. The molecule has 0 amide bonds. The van der Waals surface area contributed by atoms with E-state index in [1.807, 2.05) is 0 Å². The Bertz CT molecular complexity index is 1120. The molecule has 0 saturated heterocycles. The molecular weight excluding hydrogens is 360 g/mol. The van der Waals surface area contributed by atoms with E-state index in [1.165, 1.54) is 17.1 Å². The molecule has 0 fully saturated rings. The van der Waals surface area contributed by atoms with Crippen LogP contribution in [0.25, 0.3) is 22.7 Å². The zero-order valence-corrected chi connectivity index (χ0v) is 13.6. The van der Waals surface area contributed by atoms with Crippen LogP contribution in [-0.2, 0) is 6.54 Å². The van der Waals surface area contributed by atoms with Crippen molar-refractivity contribution in [2.75, 3.05) is 0 Å². The van der Waals surface area contributed by atoms with Gasteiger partial charge in [-0.1, -0.05) is 5.21 Å². The number of rotatable bonds is 5. The quantitative estimate of drug-likeness (QED) is 0.571. The SMILES string of the molecule is O=c1[nH]cccc1-c1cn(Cc2ccc(-c3nnc(C(F)F)o3)cn2)nn1. The topological polar surface area (TPSA) is 115 Å². The summed E-state index contributed by atoms with van der Waals surface area (Å²) in [7, 11) is 0. The standard InChI is InChI=1S/C16H11F2N7O2/c17-13(18)16-23-22-15(27-16)9-3-4-10(20-6-9)7-25-8-12(21-24-25)11-2-1-5-19-14(11)26/h1-6,8,13H,7H2,(H,19,26). The van der Waals surface area contributed by atoms with E-state index in [0.717, 1.165) is 0 Å². The second kappa shape index (κ2) is 6.86. The van der Waals surface area contributed by atoms with Crippen LogP contribution in [0.4, 0.5) is 8.78 Å². The molecule has 0 unspecified atom stereocenters. The van der Waals surface area contributed by atoms with Gasteiger partial charge >= 0.3 is 6.43 Å². The second-order valence-electron chi connectivity index (χ2n) is 5.50. The van der Waals surface area contributed by atoms with Gasteiger partial charge in [-0.15, -0.1) is 15.3 Å². The molecule has 0 aliphatic carbocycles. The highest BCUT2D eigenvalue weighted by molar-refractivity contribution is 5.55. The maximum absolute atomic E-state index is 12.5. The van der Waals surface area contributed by atoms with E-state index in [2.05, 4.69) is 30.5 Å². The summed E-state index contributed by atoms with van der Waals surface area (Å²) in [4.78, 5) is 18.6. The average Bonchev–Trinajstić information content (AvgIpc) is 3.33. The van der Waals surface area contributed by atoms with Gasteiger partial charge in [-0.3, -0.25) is 9.78 Å². The lowest BCUT2D eigenvalue weighted by atomic mass is 10.2. The van der Waals surface area contributed by atoms with E-state index in [1.54, 1.807) is 30.5 Å². The maximum atomic E-state index is 12.5. The Labute approximate surface area is 149 Å². The first-order chi connectivity index (χ1) is 13.1. The van der Waals surface area contributed by atoms with E-state index >= 15 is 0 Å². The van der Waals surface area contributed by atoms with E-state index < -0.39 is 12.3 Å². The number of nitrogens with zero attached hydrogens (tertiary/aromatic N) is 6. The average molecular weight is 371 g/mol. The van der Waals surface area contributed by atoms with E-state index in [4.69, 9.17) is 4.42 Å². The number of pyridine rings is 2. The van der Waals surface area contributed by atoms with Gasteiger partial charge in [-0.25, -0.2) is 4.68 Å². The molecule has 9 nitrogen and oxygen atoms in total. The number of alkyl halides is 2. The molecule has 0 radical (unpaired) electrons. The van der Waals surface area contributed by atoms with Gasteiger partial charge in [0.15, 0.2) is 0 Å². The van der Waals surface area contributed by atoms with Crippen molar-refractivity contribution in [2.24, 2.45) is 0 Å². The van der Waals surface area contributed by atoms with Crippen molar-refractivity contribution < 1.29 is 13.2 Å². The smallest absolute Gasteiger partial charge is 0.314 e. The lowest BCUT2D eigenvalue weighted by molar-refractivity contribution is 0.116. The molecule has 0 aliphatic rings. The van der Waals surface area contributed by atoms with Gasteiger partial charge in [0.2, 0.25) is 5.89 Å². The van der Waals surface area contributed by atoms with Gasteiger partial charge < -0.3 is 9.40 Å². The van der Waals surface area contributed by atoms with Crippen LogP contribution in [0.15, 0.2) is 52.1 Å². The van der Waals surface area contributed by atoms with Crippen LogP contribution in [0, 0.1) is 0 Å². The van der Waals surface area contributed by atoms with Gasteiger partial charge in [0.25, 0.3) is 11.4 Å². The molecule has 4 aromatic rings. The summed E-state index contributed by atoms with van der Waals surface area (Å²) >= 11 is 0. The fraction of sp³-hybridized carbons (Fsp3) is 0.125. The maximum Gasteiger partial charge on any atom is 0.314 e. The van der Waals surface area contributed by atoms with Crippen molar-refractivity contribution in [2.45, 2.75) is 13.0 Å². The molecule has 0 aliphatic heterocycles. The number of aromatic nitrogens is 7. The van der Waals surface area contributed by atoms with Crippen molar-refractivity contribution in [3.8, 4) is 22.7 Å². The summed E-state index contributed by atoms with van der Waals surface area (Å²) in [6.07, 6.45) is 1.79. The predicted molar refractivity (Wildman–Crippen MR) is 87.7 cm³/mol. The number of hydrogen-bond donors (Lipinski definition) is 1. The summed E-state index contributed by atoms with van der Waals surface area (Å²) in [6.45, 7) is 0.310. The van der Waals surface area contributed by atoms with Crippen molar-refractivity contribution in [3.05, 3.63) is 64.8 Å². The van der Waals surface area contributed by atoms with Crippen LogP contribution in [0.5, 0.6) is 0 Å². The van der Waals surface area contributed by atoms with Crippen LogP contribution in [0.3, 0.4) is 0 Å². The largest absolute Gasteiger partial charge is 0.415 e. The van der Waals surface area contributed by atoms with Crippen LogP contribution in [0.2, 0.25) is 0 Å². The number of hydrogen-bond acceptors (Lipinski definition) is 7. The molecule has 4 rings (SSSR count). The molecule has 4 heterocycles. The first-order valence-corrected chi connectivity index (χ1v) is 7.75. The number of halogens is 2. The fourth-order valence-electron chi connectivity index (χ4n) is 2.37. The minimum Gasteiger partial charge on any atom is -0.415 e. The van der Waals surface area contributed by atoms with Crippen molar-refractivity contribution in [1.82, 2.24) is 35.2 Å². The Kier molecular flexibility index (Phi) is 4.24. The zero-order chi connectivity index (χ0) is 18.8. The number of H-pyrrole nitrogens is 1. The fourth-order valence-corrected chi connectivity index (χ4v) is 2.37. The lowest BCUT2D eigenvalue weighted by Gasteiger charge is -2.01. The summed E-state index contributed by atoms with van der Waals surface area (Å²) in [5.74, 6) is -0.768. The molecule has 0 atom stereocenters. The van der Waals surface area contributed by atoms with Crippen molar-refractivity contribution in [1.29, 1.82) is 0 Å². The Morgan fingerprint density at radius 1 is 1.19 bits per heavy atom. The van der Waals surface area contributed by atoms with Crippen LogP contribution < -0.4 is 5.56 Å². The number of aromatic amines is 1. The zero-order valence-electron chi connectivity index (χ0n) is 13.6. The highest BCUT2D eigenvalue weighted by Crippen LogP contribution is 2.22. The van der Waals surface area contributed by atoms with E-state index in [0.29, 0.717) is 29.1 Å². The van der Waals surface area contributed by atoms with Gasteiger partial charge in [0.1, 0.15) is 5.69 Å². The molecular formula is C16H11F2N7O2. The summed E-state index contributed by atoms with van der Waals surface area (Å²) in [6, 6.07) is 6.66. The van der Waals surface area contributed by atoms with Crippen molar-refractivity contribution in [3.63, 3.8) is 0 Å². The minimum atomic E-state index is -2.82. The van der Waals surface area contributed by atoms with E-state index in [-0.39, 0.29) is 11.4 Å². The highest BCUT2D eigenvalue weighted by Gasteiger charge is 2.17. The highest BCUT2D eigenvalue weighted by atomic mass is 19.3. The molecule has 11 heteroatoms. The molecule has 1 N–H and O–H groups in total. The molecule has 0 saturated carbocycles. The van der Waals surface area contributed by atoms with Gasteiger partial charge in [0, 0.05) is 12.4 Å². The third-order valence-electron chi connectivity index (χ3n) is 3.66. The Morgan fingerprint density at radius 3 is 2.78 bits per heavy atom. The van der Waals surface area contributed by atoms with E-state index in [9.17, 15) is 13.6 Å². The van der Waals surface area contributed by atoms with Gasteiger partial charge in [-0.05, 0) is 24.3 Å². The van der Waals surface area contributed by atoms with Crippen LogP contribution >= 0.6 is 0 Å². The second-order valence-corrected chi connectivity index (χ2v) is 5.50. The Balaban J connectivity index is 1.50. The first kappa shape index (κ1) is 16.7. The minimum absolute atomic E-state index is 0.0318. The normalized spacial score (nSPS) is 11.2.